The van der Waals surface area contributed by atoms with Crippen molar-refractivity contribution < 1.29 is 14.7 Å². The van der Waals surface area contributed by atoms with Crippen LogP contribution >= 0.6 is 24.0 Å². The molecular formula is C21H24N4O4S2. The van der Waals surface area contributed by atoms with E-state index in [9.17, 15) is 19.6 Å². The van der Waals surface area contributed by atoms with Crippen LogP contribution in [0, 0.1) is 30.1 Å². The van der Waals surface area contributed by atoms with Gasteiger partial charge in [-0.3, -0.25) is 23.9 Å². The summed E-state index contributed by atoms with van der Waals surface area (Å²) in [7, 11) is 1.63. The highest BCUT2D eigenvalue weighted by Gasteiger charge is 2.35. The molecule has 0 bridgehead atoms. The number of hydrogen-bond acceptors (Lipinski definition) is 7. The van der Waals surface area contributed by atoms with E-state index in [0.717, 1.165) is 36.2 Å². The van der Waals surface area contributed by atoms with Crippen LogP contribution in [-0.4, -0.2) is 50.4 Å². The molecule has 164 valence electrons. The number of rotatable bonds is 4. The molecule has 2 atom stereocenters. The molecule has 31 heavy (non-hydrogen) atoms. The van der Waals surface area contributed by atoms with E-state index < -0.39 is 18.4 Å². The molecule has 2 unspecified atom stereocenters. The summed E-state index contributed by atoms with van der Waals surface area (Å²) >= 11 is 6.22. The van der Waals surface area contributed by atoms with Gasteiger partial charge in [0, 0.05) is 25.7 Å². The van der Waals surface area contributed by atoms with Crippen LogP contribution in [0.1, 0.15) is 37.0 Å². The molecule has 0 saturated carbocycles. The quantitative estimate of drug-likeness (QED) is 0.539. The lowest BCUT2D eigenvalue weighted by molar-refractivity contribution is -0.140. The Kier molecular flexibility index (Phi) is 6.57. The van der Waals surface area contributed by atoms with Gasteiger partial charge in [-0.05, 0) is 36.8 Å². The van der Waals surface area contributed by atoms with E-state index in [0.29, 0.717) is 28.8 Å². The van der Waals surface area contributed by atoms with Gasteiger partial charge in [-0.25, -0.2) is 0 Å². The number of carboxylic acids is 1. The maximum absolute atomic E-state index is 12.9. The first-order valence-corrected chi connectivity index (χ1v) is 11.1. The lowest BCUT2D eigenvalue weighted by atomic mass is 9.91. The highest BCUT2D eigenvalue weighted by molar-refractivity contribution is 8.26. The molecule has 0 aromatic carbocycles. The number of carbonyl (C=O) groups excluding carboxylic acids is 1. The number of carbonyl (C=O) groups is 2. The Labute approximate surface area is 190 Å². The van der Waals surface area contributed by atoms with Crippen molar-refractivity contribution in [2.45, 2.75) is 27.2 Å². The lowest BCUT2D eigenvalue weighted by Crippen LogP contribution is -2.42. The van der Waals surface area contributed by atoms with E-state index >= 15 is 0 Å². The van der Waals surface area contributed by atoms with Crippen LogP contribution in [0.3, 0.4) is 0 Å². The largest absolute Gasteiger partial charge is 0.480 e. The van der Waals surface area contributed by atoms with Gasteiger partial charge in [0.05, 0.1) is 4.91 Å². The summed E-state index contributed by atoms with van der Waals surface area (Å²) < 4.78 is 1.64. The minimum absolute atomic E-state index is 0.0246. The highest BCUT2D eigenvalue weighted by atomic mass is 32.2. The molecule has 8 nitrogen and oxygen atoms in total. The van der Waals surface area contributed by atoms with Crippen molar-refractivity contribution >= 4 is 52.1 Å². The fourth-order valence-corrected chi connectivity index (χ4v) is 5.57. The first-order valence-electron chi connectivity index (χ1n) is 9.90. The summed E-state index contributed by atoms with van der Waals surface area (Å²) in [5.41, 5.74) is 0.749. The number of pyridine rings is 1. The van der Waals surface area contributed by atoms with E-state index in [1.165, 1.54) is 4.57 Å². The molecule has 3 rings (SSSR count). The van der Waals surface area contributed by atoms with E-state index in [2.05, 4.69) is 18.7 Å². The van der Waals surface area contributed by atoms with Crippen molar-refractivity contribution in [1.29, 1.82) is 5.26 Å². The molecule has 2 aliphatic rings. The molecule has 10 heteroatoms. The molecule has 0 aliphatic carbocycles. The number of thiocarbonyl (C=S) groups is 1. The number of thioether (sulfide) groups is 1. The molecule has 1 aromatic heterocycles. The molecular weight excluding hydrogens is 436 g/mol. The Morgan fingerprint density at radius 3 is 2.48 bits per heavy atom. The van der Waals surface area contributed by atoms with E-state index in [1.54, 1.807) is 20.0 Å². The summed E-state index contributed by atoms with van der Waals surface area (Å²) in [5.74, 6) is -0.133. The molecule has 1 aromatic rings. The normalized spacial score (nSPS) is 22.9. The van der Waals surface area contributed by atoms with Gasteiger partial charge in [0.1, 0.15) is 28.3 Å². The monoisotopic (exact) mass is 460 g/mol. The van der Waals surface area contributed by atoms with Crippen molar-refractivity contribution in [3.63, 3.8) is 0 Å². The van der Waals surface area contributed by atoms with Gasteiger partial charge in [0.2, 0.25) is 0 Å². The van der Waals surface area contributed by atoms with Gasteiger partial charge in [-0.1, -0.05) is 37.8 Å². The third-order valence-electron chi connectivity index (χ3n) is 5.58. The summed E-state index contributed by atoms with van der Waals surface area (Å²) in [6, 6.07) is 1.99. The topological polar surface area (TPSA) is 107 Å². The van der Waals surface area contributed by atoms with Crippen molar-refractivity contribution in [3.05, 3.63) is 31.9 Å². The van der Waals surface area contributed by atoms with Crippen molar-refractivity contribution in [2.75, 3.05) is 24.5 Å². The molecule has 1 amide bonds. The molecule has 0 radical (unpaired) electrons. The van der Waals surface area contributed by atoms with Gasteiger partial charge in [0.15, 0.2) is 0 Å². The van der Waals surface area contributed by atoms with Crippen molar-refractivity contribution in [3.8, 4) is 6.07 Å². The number of nitriles is 1. The molecule has 1 N–H and O–H groups in total. The molecule has 2 fully saturated rings. The predicted octanol–water partition coefficient (Wildman–Crippen LogP) is 2.33. The van der Waals surface area contributed by atoms with Crippen LogP contribution in [0.25, 0.3) is 6.08 Å². The molecule has 2 aliphatic heterocycles. The number of hydrogen-bond donors (Lipinski definition) is 1. The zero-order valence-corrected chi connectivity index (χ0v) is 19.5. The Bertz CT molecular complexity index is 1090. The van der Waals surface area contributed by atoms with E-state index in [4.69, 9.17) is 17.3 Å². The van der Waals surface area contributed by atoms with Gasteiger partial charge >= 0.3 is 5.97 Å². The first-order chi connectivity index (χ1) is 14.5. The number of aromatic nitrogens is 1. The highest BCUT2D eigenvalue weighted by Crippen LogP contribution is 2.36. The van der Waals surface area contributed by atoms with Crippen molar-refractivity contribution in [2.24, 2.45) is 18.9 Å². The average molecular weight is 461 g/mol. The zero-order chi connectivity index (χ0) is 23.0. The molecule has 3 heterocycles. The second-order valence-electron chi connectivity index (χ2n) is 8.23. The van der Waals surface area contributed by atoms with Gasteiger partial charge in [-0.15, -0.1) is 0 Å². The predicted molar refractivity (Wildman–Crippen MR) is 124 cm³/mol. The van der Waals surface area contributed by atoms with Gasteiger partial charge in [-0.2, -0.15) is 5.26 Å². The third kappa shape index (κ3) is 4.38. The third-order valence-corrected chi connectivity index (χ3v) is 6.96. The average Bonchev–Trinajstić information content (AvgIpc) is 2.93. The van der Waals surface area contributed by atoms with Crippen LogP contribution < -0.4 is 10.5 Å². The lowest BCUT2D eigenvalue weighted by Gasteiger charge is -2.38. The minimum atomic E-state index is -1.15. The Morgan fingerprint density at radius 1 is 1.32 bits per heavy atom. The number of piperidine rings is 1. The zero-order valence-electron chi connectivity index (χ0n) is 17.8. The summed E-state index contributed by atoms with van der Waals surface area (Å²) in [6.45, 7) is 7.02. The SMILES string of the molecule is Cc1c(/C=C2\SC(=S)N(CC(=O)O)C2=O)c(N2CC(C)CC(C)C2)n(C)c(=O)c1C#N. The smallest absolute Gasteiger partial charge is 0.323 e. The number of anilines is 1. The molecule has 0 spiro atoms. The maximum atomic E-state index is 12.9. The number of carboxylic acid groups (broad SMARTS) is 1. The Balaban J connectivity index is 2.19. The second kappa shape index (κ2) is 8.85. The number of amides is 1. The first kappa shape index (κ1) is 23.0. The van der Waals surface area contributed by atoms with Crippen LogP contribution in [0.15, 0.2) is 9.70 Å². The van der Waals surface area contributed by atoms with Crippen LogP contribution in [0.2, 0.25) is 0 Å². The van der Waals surface area contributed by atoms with Crippen LogP contribution in [0.5, 0.6) is 0 Å². The Morgan fingerprint density at radius 2 is 1.94 bits per heavy atom. The Hall–Kier alpha value is -2.64. The number of aliphatic carboxylic acids is 1. The maximum Gasteiger partial charge on any atom is 0.323 e. The fraction of sp³-hybridized carbons (Fsp3) is 0.476. The number of nitrogens with zero attached hydrogens (tertiary/aromatic N) is 4. The molecule has 2 saturated heterocycles. The van der Waals surface area contributed by atoms with E-state index in [1.807, 2.05) is 6.07 Å². The summed E-state index contributed by atoms with van der Waals surface area (Å²) in [5, 5.41) is 18.6. The summed E-state index contributed by atoms with van der Waals surface area (Å²) in [4.78, 5) is 40.2. The minimum Gasteiger partial charge on any atom is -0.480 e. The van der Waals surface area contributed by atoms with Crippen molar-refractivity contribution in [1.82, 2.24) is 9.47 Å². The second-order valence-corrected chi connectivity index (χ2v) is 9.90. The summed E-state index contributed by atoms with van der Waals surface area (Å²) in [6.07, 6.45) is 2.72. The van der Waals surface area contributed by atoms with Gasteiger partial charge in [0.25, 0.3) is 11.5 Å². The van der Waals surface area contributed by atoms with E-state index in [-0.39, 0.29) is 20.3 Å². The van der Waals surface area contributed by atoms with Crippen LogP contribution in [-0.2, 0) is 16.6 Å². The standard InChI is InChI=1S/C21H24N4O4S2/c1-11-5-12(2)9-24(8-11)18-14(13(3)15(7-22)19(28)23(18)4)6-16-20(29)25(10-17(26)27)21(30)31-16/h6,11-12H,5,8-10H2,1-4H3,(H,26,27)/b16-6-. The fourth-order valence-electron chi connectivity index (χ4n) is 4.33. The van der Waals surface area contributed by atoms with Gasteiger partial charge < -0.3 is 10.0 Å². The van der Waals surface area contributed by atoms with Crippen LogP contribution in [0.4, 0.5) is 5.82 Å².